The van der Waals surface area contributed by atoms with Gasteiger partial charge in [0.05, 0.1) is 18.8 Å². The second-order valence-electron chi connectivity index (χ2n) is 6.15. The van der Waals surface area contributed by atoms with Crippen LogP contribution < -0.4 is 5.32 Å². The van der Waals surface area contributed by atoms with Crippen molar-refractivity contribution in [2.45, 2.75) is 26.8 Å². The van der Waals surface area contributed by atoms with Gasteiger partial charge in [0.2, 0.25) is 0 Å². The van der Waals surface area contributed by atoms with Crippen molar-refractivity contribution in [3.05, 3.63) is 65.0 Å². The van der Waals surface area contributed by atoms with Gasteiger partial charge in [0, 0.05) is 26.4 Å². The zero-order valence-corrected chi connectivity index (χ0v) is 15.3. The van der Waals surface area contributed by atoms with Crippen LogP contribution in [0.1, 0.15) is 22.4 Å². The fourth-order valence-electron chi connectivity index (χ4n) is 2.68. The van der Waals surface area contributed by atoms with Crippen LogP contribution in [0.3, 0.4) is 0 Å². The smallest absolute Gasteiger partial charge is 0.317 e. The molecule has 1 N–H and O–H groups in total. The molecule has 0 bridgehead atoms. The number of aromatic nitrogens is 1. The average Bonchev–Trinajstić information content (AvgIpc) is 2.61. The number of rotatable bonds is 8. The van der Waals surface area contributed by atoms with Crippen molar-refractivity contribution >= 4 is 6.03 Å². The third kappa shape index (κ3) is 6.19. The molecular formula is C20H27N3O2. The van der Waals surface area contributed by atoms with Crippen LogP contribution >= 0.6 is 0 Å². The molecule has 5 heteroatoms. The summed E-state index contributed by atoms with van der Waals surface area (Å²) >= 11 is 0. The molecule has 0 fully saturated rings. The van der Waals surface area contributed by atoms with Crippen molar-refractivity contribution in [1.82, 2.24) is 15.2 Å². The molecule has 5 nitrogen and oxygen atoms in total. The van der Waals surface area contributed by atoms with Crippen molar-refractivity contribution in [1.29, 1.82) is 0 Å². The van der Waals surface area contributed by atoms with E-state index in [9.17, 15) is 4.79 Å². The molecule has 134 valence electrons. The first-order valence-corrected chi connectivity index (χ1v) is 8.58. The van der Waals surface area contributed by atoms with Gasteiger partial charge in [0.1, 0.15) is 0 Å². The summed E-state index contributed by atoms with van der Waals surface area (Å²) in [6.07, 6.45) is 2.56. The molecule has 25 heavy (non-hydrogen) atoms. The van der Waals surface area contributed by atoms with E-state index < -0.39 is 0 Å². The number of ether oxygens (including phenoxy) is 1. The summed E-state index contributed by atoms with van der Waals surface area (Å²) in [7, 11) is 1.64. The Morgan fingerprint density at radius 1 is 1.24 bits per heavy atom. The maximum Gasteiger partial charge on any atom is 0.317 e. The van der Waals surface area contributed by atoms with Gasteiger partial charge in [0.15, 0.2) is 0 Å². The number of carbonyl (C=O) groups is 1. The van der Waals surface area contributed by atoms with Crippen molar-refractivity contribution in [3.8, 4) is 0 Å². The molecule has 2 rings (SSSR count). The lowest BCUT2D eigenvalue weighted by Crippen LogP contribution is -2.42. The Morgan fingerprint density at radius 3 is 2.76 bits per heavy atom. The molecule has 0 aliphatic heterocycles. The van der Waals surface area contributed by atoms with Crippen molar-refractivity contribution in [3.63, 3.8) is 0 Å². The molecule has 0 atom stereocenters. The summed E-state index contributed by atoms with van der Waals surface area (Å²) in [6.45, 7) is 6.30. The molecule has 0 saturated heterocycles. The molecule has 0 spiro atoms. The monoisotopic (exact) mass is 341 g/mol. The Morgan fingerprint density at radius 2 is 2.08 bits per heavy atom. The first-order valence-electron chi connectivity index (χ1n) is 8.58. The molecule has 2 aromatic rings. The molecule has 0 aliphatic rings. The normalized spacial score (nSPS) is 10.5. The molecule has 1 heterocycles. The minimum absolute atomic E-state index is 0.0903. The maximum absolute atomic E-state index is 12.5. The number of aryl methyl sites for hydroxylation is 2. The first kappa shape index (κ1) is 18.9. The molecule has 0 radical (unpaired) electrons. The summed E-state index contributed by atoms with van der Waals surface area (Å²) in [6, 6.07) is 12.0. The number of carbonyl (C=O) groups excluding carboxylic acids is 1. The van der Waals surface area contributed by atoms with E-state index in [0.717, 1.165) is 12.1 Å². The molecule has 0 saturated carbocycles. The number of hydrogen-bond acceptors (Lipinski definition) is 3. The van der Waals surface area contributed by atoms with Crippen LogP contribution in [0, 0.1) is 13.8 Å². The third-order valence-electron chi connectivity index (χ3n) is 4.10. The molecule has 1 aromatic carbocycles. The van der Waals surface area contributed by atoms with Crippen molar-refractivity contribution < 1.29 is 9.53 Å². The summed E-state index contributed by atoms with van der Waals surface area (Å²) in [5.41, 5.74) is 4.65. The van der Waals surface area contributed by atoms with E-state index in [1.54, 1.807) is 18.2 Å². The van der Waals surface area contributed by atoms with E-state index in [2.05, 4.69) is 42.3 Å². The fraction of sp³-hybridized carbons (Fsp3) is 0.400. The molecular weight excluding hydrogens is 314 g/mol. The highest BCUT2D eigenvalue weighted by Crippen LogP contribution is 2.10. The van der Waals surface area contributed by atoms with Crippen LogP contribution in [0.25, 0.3) is 0 Å². The van der Waals surface area contributed by atoms with Crippen LogP contribution in [0.4, 0.5) is 4.79 Å². The zero-order chi connectivity index (χ0) is 18.1. The van der Waals surface area contributed by atoms with Gasteiger partial charge in [-0.05, 0) is 43.5 Å². The van der Waals surface area contributed by atoms with Crippen molar-refractivity contribution in [2.24, 2.45) is 0 Å². The summed E-state index contributed by atoms with van der Waals surface area (Å²) < 4.78 is 5.12. The average molecular weight is 341 g/mol. The number of amides is 2. The second-order valence-corrected chi connectivity index (χ2v) is 6.15. The fourth-order valence-corrected chi connectivity index (χ4v) is 2.68. The molecule has 0 aliphatic carbocycles. The number of methoxy groups -OCH3 is 1. The number of nitrogens with one attached hydrogen (secondary N) is 1. The standard InChI is InChI=1S/C20H27N3O2/c1-16-7-8-18(17(2)14-16)9-11-22-20(24)23(12-13-25-3)15-19-6-4-5-10-21-19/h4-8,10,14H,9,11-13,15H2,1-3H3,(H,22,24). The van der Waals surface area contributed by atoms with Crippen LogP contribution in [0.15, 0.2) is 42.6 Å². The Balaban J connectivity index is 1.89. The van der Waals surface area contributed by atoms with Gasteiger partial charge in [-0.15, -0.1) is 0 Å². The lowest BCUT2D eigenvalue weighted by Gasteiger charge is -2.22. The van der Waals surface area contributed by atoms with Gasteiger partial charge in [-0.1, -0.05) is 29.8 Å². The molecule has 0 unspecified atom stereocenters. The van der Waals surface area contributed by atoms with Gasteiger partial charge in [0.25, 0.3) is 0 Å². The summed E-state index contributed by atoms with van der Waals surface area (Å²) in [4.78, 5) is 18.5. The maximum atomic E-state index is 12.5. The van der Waals surface area contributed by atoms with E-state index in [0.29, 0.717) is 26.2 Å². The van der Waals surface area contributed by atoms with Gasteiger partial charge in [-0.25, -0.2) is 4.79 Å². The Bertz CT molecular complexity index is 674. The van der Waals surface area contributed by atoms with Gasteiger partial charge in [-0.3, -0.25) is 4.98 Å². The quantitative estimate of drug-likeness (QED) is 0.803. The van der Waals surface area contributed by atoms with Crippen LogP contribution in [-0.4, -0.2) is 42.7 Å². The second kappa shape index (κ2) is 9.79. The highest BCUT2D eigenvalue weighted by Gasteiger charge is 2.14. The Kier molecular flexibility index (Phi) is 7.41. The first-order chi connectivity index (χ1) is 12.1. The van der Waals surface area contributed by atoms with E-state index >= 15 is 0 Å². The number of pyridine rings is 1. The van der Waals surface area contributed by atoms with E-state index in [1.807, 2.05) is 18.2 Å². The van der Waals surface area contributed by atoms with E-state index in [4.69, 9.17) is 4.74 Å². The van der Waals surface area contributed by atoms with Gasteiger partial charge in [-0.2, -0.15) is 0 Å². The minimum Gasteiger partial charge on any atom is -0.383 e. The highest BCUT2D eigenvalue weighted by molar-refractivity contribution is 5.74. The minimum atomic E-state index is -0.0903. The van der Waals surface area contributed by atoms with E-state index in [1.165, 1.54) is 16.7 Å². The summed E-state index contributed by atoms with van der Waals surface area (Å²) in [5, 5.41) is 3.01. The SMILES string of the molecule is COCCN(Cc1ccccn1)C(=O)NCCc1ccc(C)cc1C. The largest absolute Gasteiger partial charge is 0.383 e. The number of urea groups is 1. The lowest BCUT2D eigenvalue weighted by atomic mass is 10.0. The Hall–Kier alpha value is -2.40. The predicted molar refractivity (Wildman–Crippen MR) is 99.5 cm³/mol. The van der Waals surface area contributed by atoms with Crippen LogP contribution in [-0.2, 0) is 17.7 Å². The van der Waals surface area contributed by atoms with Gasteiger partial charge >= 0.3 is 6.03 Å². The molecule has 2 amide bonds. The topological polar surface area (TPSA) is 54.5 Å². The number of benzene rings is 1. The van der Waals surface area contributed by atoms with Crippen molar-refractivity contribution in [2.75, 3.05) is 26.8 Å². The van der Waals surface area contributed by atoms with Gasteiger partial charge < -0.3 is 15.0 Å². The zero-order valence-electron chi connectivity index (χ0n) is 15.3. The number of hydrogen-bond donors (Lipinski definition) is 1. The molecule has 1 aromatic heterocycles. The lowest BCUT2D eigenvalue weighted by molar-refractivity contribution is 0.146. The third-order valence-corrected chi connectivity index (χ3v) is 4.10. The van der Waals surface area contributed by atoms with Crippen LogP contribution in [0.5, 0.6) is 0 Å². The van der Waals surface area contributed by atoms with Crippen LogP contribution in [0.2, 0.25) is 0 Å². The highest BCUT2D eigenvalue weighted by atomic mass is 16.5. The van der Waals surface area contributed by atoms with E-state index in [-0.39, 0.29) is 6.03 Å². The predicted octanol–water partition coefficient (Wildman–Crippen LogP) is 3.10. The number of nitrogens with zero attached hydrogens (tertiary/aromatic N) is 2. The summed E-state index contributed by atoms with van der Waals surface area (Å²) in [5.74, 6) is 0. The Labute approximate surface area is 150 Å².